The molecule has 0 radical (unpaired) electrons. The number of esters is 1. The molecule has 4 aromatic rings. The Morgan fingerprint density at radius 1 is 0.920 bits per heavy atom. The number of methoxy groups -OCH3 is 1. The molecule has 0 spiro atoms. The highest BCUT2D eigenvalue weighted by Crippen LogP contribution is 2.29. The van der Waals surface area contributed by atoms with Crippen LogP contribution in [-0.4, -0.2) is 109 Å². The molecule has 0 saturated heterocycles. The predicted octanol–water partition coefficient (Wildman–Crippen LogP) is 3.21. The van der Waals surface area contributed by atoms with Crippen molar-refractivity contribution in [1.82, 2.24) is 24.3 Å². The summed E-state index contributed by atoms with van der Waals surface area (Å²) in [6, 6.07) is 15.8. The molecule has 0 bridgehead atoms. The summed E-state index contributed by atoms with van der Waals surface area (Å²) in [6.07, 6.45) is 5.39. The fourth-order valence-corrected chi connectivity index (χ4v) is 4.98. The topological polar surface area (TPSA) is 215 Å². The Balaban J connectivity index is 0.000000761. The van der Waals surface area contributed by atoms with E-state index in [-0.39, 0.29) is 18.3 Å². The van der Waals surface area contributed by atoms with Crippen LogP contribution in [0.2, 0.25) is 0 Å². The first-order valence-corrected chi connectivity index (χ1v) is 19.5. The van der Waals surface area contributed by atoms with E-state index in [0.29, 0.717) is 44.5 Å². The van der Waals surface area contributed by atoms with Crippen molar-refractivity contribution in [1.29, 1.82) is 0 Å². The Kier molecular flexibility index (Phi) is 16.2. The van der Waals surface area contributed by atoms with Crippen LogP contribution in [-0.2, 0) is 60.5 Å². The van der Waals surface area contributed by atoms with Crippen molar-refractivity contribution in [2.45, 2.75) is 52.1 Å². The number of para-hydroxylation sites is 1. The first kappa shape index (κ1) is 42.0. The van der Waals surface area contributed by atoms with E-state index in [0.717, 1.165) is 64.6 Å². The van der Waals surface area contributed by atoms with E-state index >= 15 is 0 Å². The summed E-state index contributed by atoms with van der Waals surface area (Å²) >= 11 is 0. The maximum absolute atomic E-state index is 13.2. The number of carbonyl (C=O) groups is 2. The van der Waals surface area contributed by atoms with E-state index in [1.165, 1.54) is 7.11 Å². The van der Waals surface area contributed by atoms with Crippen LogP contribution in [0.25, 0.3) is 21.9 Å². The zero-order valence-corrected chi connectivity index (χ0v) is 31.0. The summed E-state index contributed by atoms with van der Waals surface area (Å²) in [5, 5.41) is 1.04. The van der Waals surface area contributed by atoms with Gasteiger partial charge in [-0.05, 0) is 44.1 Å². The molecular formula is C33H48N6O9S2. The fraction of sp³-hybridized carbons (Fsp3) is 0.455. The summed E-state index contributed by atoms with van der Waals surface area (Å²) in [5.41, 5.74) is 10.9. The second kappa shape index (κ2) is 19.3. The fourth-order valence-electron chi connectivity index (χ4n) is 4.98. The van der Waals surface area contributed by atoms with Crippen molar-refractivity contribution in [2.24, 2.45) is 0 Å². The molecule has 0 saturated carbocycles. The number of benzene rings is 2. The number of aryl methyl sites for hydroxylation is 2. The number of carbonyl (C=O) groups excluding carboxylic acids is 2. The van der Waals surface area contributed by atoms with E-state index in [1.54, 1.807) is 0 Å². The molecule has 4 rings (SSSR count). The summed E-state index contributed by atoms with van der Waals surface area (Å²) < 4.78 is 58.8. The maximum atomic E-state index is 13.2. The third-order valence-electron chi connectivity index (χ3n) is 7.03. The minimum absolute atomic E-state index is 0.0734. The molecule has 2 aromatic heterocycles. The lowest BCUT2D eigenvalue weighted by atomic mass is 10.1. The molecule has 0 fully saturated rings. The lowest BCUT2D eigenvalue weighted by Crippen LogP contribution is -2.38. The Hall–Kier alpha value is -4.16. The van der Waals surface area contributed by atoms with Crippen LogP contribution in [0.4, 0.5) is 5.82 Å². The molecule has 0 aliphatic heterocycles. The quantitative estimate of drug-likeness (QED) is 0.133. The number of aromatic nitrogens is 3. The molecule has 0 aliphatic carbocycles. The molecule has 2 aromatic carbocycles. The van der Waals surface area contributed by atoms with Crippen molar-refractivity contribution in [2.75, 3.05) is 52.5 Å². The van der Waals surface area contributed by atoms with E-state index in [1.807, 2.05) is 66.4 Å². The summed E-state index contributed by atoms with van der Waals surface area (Å²) in [4.78, 5) is 38.2. The minimum atomic E-state index is -3.67. The Bertz CT molecular complexity index is 1900. The van der Waals surface area contributed by atoms with Gasteiger partial charge in [0.25, 0.3) is 20.2 Å². The monoisotopic (exact) mass is 736 g/mol. The number of fused-ring (bicyclic) bond motifs is 3. The summed E-state index contributed by atoms with van der Waals surface area (Å²) in [6.45, 7) is 4.32. The first-order chi connectivity index (χ1) is 23.3. The molecule has 50 heavy (non-hydrogen) atoms. The van der Waals surface area contributed by atoms with E-state index in [2.05, 4.69) is 22.5 Å². The molecule has 0 atom stereocenters. The molecule has 15 nitrogen and oxygen atoms in total. The first-order valence-electron chi connectivity index (χ1n) is 15.8. The number of nitrogen functional groups attached to an aromatic ring is 1. The van der Waals surface area contributed by atoms with Gasteiger partial charge in [-0.3, -0.25) is 18.7 Å². The number of nitrogens with zero attached hydrogens (tertiary/aromatic N) is 5. The standard InChI is InChI=1S/C31H40N6O3.2CH4O3S/c1-5-6-12-26-34-29-30(24-10-7-8-11-25(24)33-31(29)32)37(26)18-9-17-36(27(38)21-35(2)3)20-23-15-13-22(14-16-23)19-28(39)40-4;2*1-5(2,3)4/h7-8,10-11,13-16H,5-6,9,12,17-21H2,1-4H3,(H2,32,33);2*1H3,(H,2,3,4). The maximum Gasteiger partial charge on any atom is 0.309 e. The highest BCUT2D eigenvalue weighted by atomic mass is 32.2. The number of amides is 1. The molecule has 2 heterocycles. The molecule has 0 aliphatic rings. The van der Waals surface area contributed by atoms with Gasteiger partial charge in [0.15, 0.2) is 5.82 Å². The van der Waals surface area contributed by atoms with Gasteiger partial charge in [0.1, 0.15) is 11.3 Å². The van der Waals surface area contributed by atoms with Crippen LogP contribution in [0.15, 0.2) is 48.5 Å². The minimum Gasteiger partial charge on any atom is -0.469 e. The van der Waals surface area contributed by atoms with E-state index in [9.17, 15) is 26.4 Å². The van der Waals surface area contributed by atoms with E-state index < -0.39 is 20.2 Å². The van der Waals surface area contributed by atoms with Gasteiger partial charge in [-0.2, -0.15) is 16.8 Å². The van der Waals surface area contributed by atoms with E-state index in [4.69, 9.17) is 24.6 Å². The van der Waals surface area contributed by atoms with Gasteiger partial charge in [-0.15, -0.1) is 0 Å². The predicted molar refractivity (Wildman–Crippen MR) is 194 cm³/mol. The number of pyridine rings is 1. The summed E-state index contributed by atoms with van der Waals surface area (Å²) in [7, 11) is -2.14. The van der Waals surface area contributed by atoms with Gasteiger partial charge < -0.3 is 24.8 Å². The number of hydrogen-bond acceptors (Lipinski definition) is 11. The zero-order chi connectivity index (χ0) is 37.6. The number of anilines is 1. The number of ether oxygens (including phenoxy) is 1. The average Bonchev–Trinajstić information content (AvgIpc) is 3.37. The van der Waals surface area contributed by atoms with Gasteiger partial charge in [0.05, 0.1) is 43.6 Å². The van der Waals surface area contributed by atoms with Crippen molar-refractivity contribution in [3.63, 3.8) is 0 Å². The second-order valence-electron chi connectivity index (χ2n) is 11.9. The highest BCUT2D eigenvalue weighted by molar-refractivity contribution is 7.85. The smallest absolute Gasteiger partial charge is 0.309 e. The number of nitrogens with two attached hydrogens (primary N) is 1. The Morgan fingerprint density at radius 2 is 1.50 bits per heavy atom. The average molecular weight is 737 g/mol. The van der Waals surface area contributed by atoms with Crippen LogP contribution >= 0.6 is 0 Å². The Morgan fingerprint density at radius 3 is 2.06 bits per heavy atom. The van der Waals surface area contributed by atoms with Crippen molar-refractivity contribution in [3.05, 3.63) is 65.5 Å². The van der Waals surface area contributed by atoms with Gasteiger partial charge in [0, 0.05) is 31.4 Å². The van der Waals surface area contributed by atoms with Gasteiger partial charge in [-0.1, -0.05) is 55.8 Å². The third-order valence-corrected chi connectivity index (χ3v) is 7.03. The number of likely N-dealkylation sites (N-methyl/N-ethyl adjacent to an activating group) is 1. The van der Waals surface area contributed by atoms with Crippen LogP contribution in [0, 0.1) is 0 Å². The van der Waals surface area contributed by atoms with Crippen LogP contribution in [0.3, 0.4) is 0 Å². The third kappa shape index (κ3) is 15.2. The van der Waals surface area contributed by atoms with Gasteiger partial charge in [-0.25, -0.2) is 9.97 Å². The Labute approximate surface area is 293 Å². The number of imidazole rings is 1. The zero-order valence-electron chi connectivity index (χ0n) is 29.4. The number of rotatable bonds is 13. The molecule has 4 N–H and O–H groups in total. The summed E-state index contributed by atoms with van der Waals surface area (Å²) in [5.74, 6) is 1.26. The molecule has 17 heteroatoms. The second-order valence-corrected chi connectivity index (χ2v) is 14.9. The highest BCUT2D eigenvalue weighted by Gasteiger charge is 2.19. The normalized spacial score (nSPS) is 11.5. The van der Waals surface area contributed by atoms with Gasteiger partial charge >= 0.3 is 5.97 Å². The van der Waals surface area contributed by atoms with Crippen molar-refractivity contribution in [3.8, 4) is 0 Å². The SMILES string of the molecule is CCCCc1nc2c(N)nc3ccccc3c2n1CCCN(Cc1ccc(CC(=O)OC)cc1)C(=O)CN(C)C.CS(=O)(=O)O.CS(=O)(=O)O. The molecule has 0 unspecified atom stereocenters. The number of hydrogen-bond donors (Lipinski definition) is 3. The van der Waals surface area contributed by atoms with Crippen LogP contribution < -0.4 is 5.73 Å². The largest absolute Gasteiger partial charge is 0.469 e. The lowest BCUT2D eigenvalue weighted by molar-refractivity contribution is -0.139. The van der Waals surface area contributed by atoms with Crippen molar-refractivity contribution < 1.29 is 40.3 Å². The molecule has 1 amide bonds. The number of unbranched alkanes of at least 4 members (excludes halogenated alkanes) is 1. The van der Waals surface area contributed by atoms with Gasteiger partial charge in [0.2, 0.25) is 5.91 Å². The van der Waals surface area contributed by atoms with Crippen LogP contribution in [0.5, 0.6) is 0 Å². The molecule has 276 valence electrons. The molecular weight excluding hydrogens is 689 g/mol. The lowest BCUT2D eigenvalue weighted by Gasteiger charge is -2.25. The van der Waals surface area contributed by atoms with Crippen molar-refractivity contribution >= 4 is 59.9 Å². The van der Waals surface area contributed by atoms with Crippen LogP contribution in [0.1, 0.15) is 43.1 Å².